The Labute approximate surface area is 124 Å². The maximum absolute atomic E-state index is 12.3. The zero-order valence-corrected chi connectivity index (χ0v) is 11.8. The summed E-state index contributed by atoms with van der Waals surface area (Å²) in [5.41, 5.74) is 0.474. The highest BCUT2D eigenvalue weighted by Gasteiger charge is 2.26. The fourth-order valence-electron chi connectivity index (χ4n) is 2.10. The van der Waals surface area contributed by atoms with E-state index in [2.05, 4.69) is 10.3 Å². The van der Waals surface area contributed by atoms with Gasteiger partial charge in [-0.2, -0.15) is 0 Å². The van der Waals surface area contributed by atoms with Crippen molar-refractivity contribution in [2.45, 2.75) is 11.7 Å². The first kappa shape index (κ1) is 13.7. The summed E-state index contributed by atoms with van der Waals surface area (Å²) in [5, 5.41) is 12.7. The first-order valence-corrected chi connectivity index (χ1v) is 7.40. The predicted molar refractivity (Wildman–Crippen MR) is 79.4 cm³/mol. The fourth-order valence-corrected chi connectivity index (χ4v) is 3.16. The van der Waals surface area contributed by atoms with Gasteiger partial charge < -0.3 is 10.4 Å². The van der Waals surface area contributed by atoms with Gasteiger partial charge in [-0.1, -0.05) is 11.8 Å². The Morgan fingerprint density at radius 3 is 2.86 bits per heavy atom. The highest BCUT2D eigenvalue weighted by atomic mass is 32.2. The van der Waals surface area contributed by atoms with Crippen molar-refractivity contribution in [2.24, 2.45) is 5.92 Å². The molecule has 1 aromatic heterocycles. The van der Waals surface area contributed by atoms with Gasteiger partial charge in [0.05, 0.1) is 5.92 Å². The topological polar surface area (TPSA) is 84.2 Å². The molecule has 2 aromatic rings. The molecule has 1 aliphatic heterocycles. The molecule has 2 heterocycles. The molecule has 0 fully saturated rings. The Kier molecular flexibility index (Phi) is 3.66. The smallest absolute Gasteiger partial charge is 0.254 e. The molecule has 1 atom stereocenters. The molecular weight excluding hydrogens is 290 g/mol. The van der Waals surface area contributed by atoms with Crippen molar-refractivity contribution in [1.82, 2.24) is 9.55 Å². The van der Waals surface area contributed by atoms with Crippen molar-refractivity contribution in [2.75, 3.05) is 11.1 Å². The molecule has 1 aliphatic rings. The largest absolute Gasteiger partial charge is 0.508 e. The van der Waals surface area contributed by atoms with Crippen LogP contribution in [-0.4, -0.2) is 26.3 Å². The second-order valence-corrected chi connectivity index (χ2v) is 5.71. The van der Waals surface area contributed by atoms with Crippen LogP contribution in [0.1, 0.15) is 0 Å². The number of phenols is 1. The van der Waals surface area contributed by atoms with E-state index in [4.69, 9.17) is 0 Å². The second-order valence-electron chi connectivity index (χ2n) is 4.72. The van der Waals surface area contributed by atoms with Gasteiger partial charge >= 0.3 is 0 Å². The second kappa shape index (κ2) is 5.61. The molecule has 0 bridgehead atoms. The average molecular weight is 303 g/mol. The summed E-state index contributed by atoms with van der Waals surface area (Å²) in [6, 6.07) is 7.67. The normalized spacial score (nSPS) is 17.0. The third-order valence-electron chi connectivity index (χ3n) is 3.22. The van der Waals surface area contributed by atoms with Crippen LogP contribution >= 0.6 is 11.8 Å². The van der Waals surface area contributed by atoms with Crippen LogP contribution in [0.2, 0.25) is 0 Å². The summed E-state index contributed by atoms with van der Waals surface area (Å²) in [6.45, 7) is 0.332. The van der Waals surface area contributed by atoms with E-state index in [-0.39, 0.29) is 23.1 Å². The number of rotatable bonds is 2. The molecule has 6 nitrogen and oxygen atoms in total. The number of phenolic OH excluding ortho intramolecular Hbond substituents is 1. The van der Waals surface area contributed by atoms with Gasteiger partial charge in [0.15, 0.2) is 5.16 Å². The molecule has 21 heavy (non-hydrogen) atoms. The molecular formula is C14H13N3O3S. The van der Waals surface area contributed by atoms with E-state index in [9.17, 15) is 14.7 Å². The number of carbonyl (C=O) groups excluding carboxylic acids is 1. The predicted octanol–water partition coefficient (Wildman–Crippen LogP) is 1.31. The molecule has 1 aromatic carbocycles. The highest BCUT2D eigenvalue weighted by Crippen LogP contribution is 2.25. The van der Waals surface area contributed by atoms with Crippen molar-refractivity contribution >= 4 is 23.4 Å². The zero-order chi connectivity index (χ0) is 14.8. The number of hydrogen-bond acceptors (Lipinski definition) is 5. The van der Waals surface area contributed by atoms with Crippen LogP contribution in [0.3, 0.4) is 0 Å². The van der Waals surface area contributed by atoms with Crippen molar-refractivity contribution in [3.63, 3.8) is 0 Å². The van der Waals surface area contributed by atoms with E-state index < -0.39 is 0 Å². The lowest BCUT2D eigenvalue weighted by molar-refractivity contribution is -0.119. The van der Waals surface area contributed by atoms with Crippen molar-refractivity contribution in [3.05, 3.63) is 46.9 Å². The summed E-state index contributed by atoms with van der Waals surface area (Å²) in [7, 11) is 0. The highest BCUT2D eigenvalue weighted by molar-refractivity contribution is 7.99. The third-order valence-corrected chi connectivity index (χ3v) is 4.37. The maximum atomic E-state index is 12.3. The lowest BCUT2D eigenvalue weighted by Gasteiger charge is -2.23. The number of thioether (sulfide) groups is 1. The monoisotopic (exact) mass is 303 g/mol. The minimum Gasteiger partial charge on any atom is -0.508 e. The number of nitrogens with zero attached hydrogens (tertiary/aromatic N) is 2. The SMILES string of the molecule is O=C(Nc1ccc(O)cc1)C1CSc2nccc(=O)n2C1. The number of aromatic hydroxyl groups is 1. The van der Waals surface area contributed by atoms with E-state index in [1.807, 2.05) is 0 Å². The van der Waals surface area contributed by atoms with Gasteiger partial charge in [0, 0.05) is 30.2 Å². The Morgan fingerprint density at radius 1 is 1.33 bits per heavy atom. The molecule has 0 radical (unpaired) electrons. The van der Waals surface area contributed by atoms with E-state index in [1.165, 1.54) is 40.7 Å². The summed E-state index contributed by atoms with van der Waals surface area (Å²) < 4.78 is 1.52. The third kappa shape index (κ3) is 2.92. The van der Waals surface area contributed by atoms with Gasteiger partial charge in [-0.3, -0.25) is 14.2 Å². The number of carbonyl (C=O) groups is 1. The zero-order valence-electron chi connectivity index (χ0n) is 11.0. The number of nitrogens with one attached hydrogen (secondary N) is 1. The van der Waals surface area contributed by atoms with Crippen LogP contribution in [-0.2, 0) is 11.3 Å². The Hall–Kier alpha value is -2.28. The number of amides is 1. The van der Waals surface area contributed by atoms with Crippen LogP contribution in [0.15, 0.2) is 46.5 Å². The summed E-state index contributed by atoms with van der Waals surface area (Å²) in [5.74, 6) is 0.293. The van der Waals surface area contributed by atoms with Crippen molar-refractivity contribution in [3.8, 4) is 5.75 Å². The van der Waals surface area contributed by atoms with Crippen LogP contribution in [0.5, 0.6) is 5.75 Å². The molecule has 2 N–H and O–H groups in total. The van der Waals surface area contributed by atoms with Gasteiger partial charge in [-0.05, 0) is 24.3 Å². The lowest BCUT2D eigenvalue weighted by Crippen LogP contribution is -2.36. The lowest BCUT2D eigenvalue weighted by atomic mass is 10.1. The molecule has 3 rings (SSSR count). The number of hydrogen-bond donors (Lipinski definition) is 2. The molecule has 0 saturated heterocycles. The van der Waals surface area contributed by atoms with Crippen LogP contribution in [0.4, 0.5) is 5.69 Å². The molecule has 1 amide bonds. The minimum atomic E-state index is -0.293. The first-order valence-electron chi connectivity index (χ1n) is 6.42. The fraction of sp³-hybridized carbons (Fsp3) is 0.214. The number of benzene rings is 1. The van der Waals surface area contributed by atoms with Gasteiger partial charge in [0.1, 0.15) is 5.75 Å². The molecule has 0 spiro atoms. The molecule has 108 valence electrons. The van der Waals surface area contributed by atoms with Gasteiger partial charge in [0.25, 0.3) is 5.56 Å². The van der Waals surface area contributed by atoms with E-state index in [0.717, 1.165) is 0 Å². The molecule has 1 unspecified atom stereocenters. The molecule has 0 aliphatic carbocycles. The Balaban J connectivity index is 1.74. The van der Waals surface area contributed by atoms with Crippen molar-refractivity contribution in [1.29, 1.82) is 0 Å². The standard InChI is InChI=1S/C14H13N3O3S/c18-11-3-1-10(2-4-11)16-13(20)9-7-17-12(19)5-6-15-14(17)21-8-9/h1-6,9,18H,7-8H2,(H,16,20). The quantitative estimate of drug-likeness (QED) is 0.645. The minimum absolute atomic E-state index is 0.144. The average Bonchev–Trinajstić information content (AvgIpc) is 2.50. The molecule has 0 saturated carbocycles. The Morgan fingerprint density at radius 2 is 2.10 bits per heavy atom. The van der Waals surface area contributed by atoms with Gasteiger partial charge in [-0.25, -0.2) is 4.98 Å². The van der Waals surface area contributed by atoms with E-state index in [0.29, 0.717) is 23.1 Å². The Bertz CT molecular complexity index is 727. The summed E-state index contributed by atoms with van der Waals surface area (Å²) in [6.07, 6.45) is 1.48. The van der Waals surface area contributed by atoms with Gasteiger partial charge in [-0.15, -0.1) is 0 Å². The number of fused-ring (bicyclic) bond motifs is 1. The van der Waals surface area contributed by atoms with Crippen LogP contribution in [0.25, 0.3) is 0 Å². The summed E-state index contributed by atoms with van der Waals surface area (Å²) in [4.78, 5) is 28.2. The summed E-state index contributed by atoms with van der Waals surface area (Å²) >= 11 is 1.40. The van der Waals surface area contributed by atoms with Crippen molar-refractivity contribution < 1.29 is 9.90 Å². The number of aromatic nitrogens is 2. The van der Waals surface area contributed by atoms with Gasteiger partial charge in [0.2, 0.25) is 5.91 Å². The van der Waals surface area contributed by atoms with Crippen LogP contribution in [0, 0.1) is 5.92 Å². The first-order chi connectivity index (χ1) is 10.1. The molecule has 7 heteroatoms. The van der Waals surface area contributed by atoms with Crippen LogP contribution < -0.4 is 10.9 Å². The van der Waals surface area contributed by atoms with E-state index >= 15 is 0 Å². The van der Waals surface area contributed by atoms with E-state index in [1.54, 1.807) is 12.1 Å². The maximum Gasteiger partial charge on any atom is 0.254 e. The number of anilines is 1.